The number of carbonyl (C=O) groups excluding carboxylic acids is 2. The van der Waals surface area contributed by atoms with E-state index >= 15 is 0 Å². The molecule has 2 bridgehead atoms. The van der Waals surface area contributed by atoms with Crippen LogP contribution in [0, 0.1) is 17.8 Å². The lowest BCUT2D eigenvalue weighted by Crippen LogP contribution is -2.42. The van der Waals surface area contributed by atoms with E-state index in [2.05, 4.69) is 26.0 Å². The van der Waals surface area contributed by atoms with Gasteiger partial charge in [0.2, 0.25) is 11.8 Å². The van der Waals surface area contributed by atoms with Gasteiger partial charge in [-0.05, 0) is 44.4 Å². The molecule has 0 unspecified atom stereocenters. The number of primary amides is 1. The molecule has 0 aromatic heterocycles. The van der Waals surface area contributed by atoms with E-state index in [9.17, 15) is 9.59 Å². The molecule has 3 atom stereocenters. The summed E-state index contributed by atoms with van der Waals surface area (Å²) in [6.07, 6.45) is 7.13. The molecule has 2 N–H and O–H groups in total. The van der Waals surface area contributed by atoms with Crippen molar-refractivity contribution in [2.75, 3.05) is 18.1 Å². The minimum atomic E-state index is -0.364. The van der Waals surface area contributed by atoms with Crippen LogP contribution in [0.15, 0.2) is 12.2 Å². The van der Waals surface area contributed by atoms with Gasteiger partial charge >= 0.3 is 0 Å². The molecule has 2 amide bonds. The van der Waals surface area contributed by atoms with Gasteiger partial charge in [-0.1, -0.05) is 12.2 Å². The number of fused-ring (bicyclic) bond motifs is 2. The predicted octanol–water partition coefficient (Wildman–Crippen LogP) is 1.65. The van der Waals surface area contributed by atoms with Crippen molar-refractivity contribution in [3.8, 4) is 0 Å². The highest BCUT2D eigenvalue weighted by Crippen LogP contribution is 2.43. The fourth-order valence-electron chi connectivity index (χ4n) is 3.28. The van der Waals surface area contributed by atoms with E-state index in [-0.39, 0.29) is 23.6 Å². The van der Waals surface area contributed by atoms with Crippen LogP contribution in [0.1, 0.15) is 26.7 Å². The number of amides is 2. The first-order chi connectivity index (χ1) is 9.47. The van der Waals surface area contributed by atoms with Gasteiger partial charge in [0.05, 0.1) is 11.5 Å². The topological polar surface area (TPSA) is 63.4 Å². The lowest BCUT2D eigenvalue weighted by molar-refractivity contribution is -0.130. The van der Waals surface area contributed by atoms with Crippen LogP contribution in [-0.4, -0.2) is 40.8 Å². The van der Waals surface area contributed by atoms with E-state index in [1.54, 1.807) is 0 Å². The van der Waals surface area contributed by atoms with E-state index in [1.165, 1.54) is 24.6 Å². The summed E-state index contributed by atoms with van der Waals surface area (Å²) >= 11 is 1.31. The number of hydrogen-bond donors (Lipinski definition) is 1. The molecule has 0 radical (unpaired) electrons. The van der Waals surface area contributed by atoms with Crippen molar-refractivity contribution >= 4 is 23.6 Å². The number of rotatable bonds is 7. The Hall–Kier alpha value is -0.970. The van der Waals surface area contributed by atoms with Gasteiger partial charge in [0, 0.05) is 12.6 Å². The van der Waals surface area contributed by atoms with Crippen LogP contribution in [0.4, 0.5) is 0 Å². The summed E-state index contributed by atoms with van der Waals surface area (Å²) in [5.41, 5.74) is 5.10. The van der Waals surface area contributed by atoms with E-state index in [0.717, 1.165) is 12.5 Å². The van der Waals surface area contributed by atoms with Crippen molar-refractivity contribution in [2.45, 2.75) is 32.7 Å². The van der Waals surface area contributed by atoms with Gasteiger partial charge in [-0.15, -0.1) is 11.8 Å². The predicted molar refractivity (Wildman–Crippen MR) is 82.2 cm³/mol. The molecule has 20 heavy (non-hydrogen) atoms. The van der Waals surface area contributed by atoms with Crippen LogP contribution in [0.2, 0.25) is 0 Å². The van der Waals surface area contributed by atoms with Gasteiger partial charge in [-0.2, -0.15) is 0 Å². The average molecular weight is 296 g/mol. The Morgan fingerprint density at radius 3 is 2.55 bits per heavy atom. The zero-order valence-corrected chi connectivity index (χ0v) is 13.1. The van der Waals surface area contributed by atoms with Gasteiger partial charge < -0.3 is 10.6 Å². The minimum Gasteiger partial charge on any atom is -0.369 e. The Bertz CT molecular complexity index is 409. The number of allylic oxidation sites excluding steroid dienone is 2. The molecule has 0 aromatic carbocycles. The molecule has 1 fully saturated rings. The van der Waals surface area contributed by atoms with Crippen LogP contribution in [0.5, 0.6) is 0 Å². The third-order valence-corrected chi connectivity index (χ3v) is 5.20. The molecule has 4 nitrogen and oxygen atoms in total. The Labute approximate surface area is 125 Å². The van der Waals surface area contributed by atoms with Crippen LogP contribution >= 0.6 is 11.8 Å². The van der Waals surface area contributed by atoms with E-state index in [4.69, 9.17) is 5.73 Å². The van der Waals surface area contributed by atoms with Crippen molar-refractivity contribution in [1.82, 2.24) is 4.90 Å². The fraction of sp³-hybridized carbons (Fsp3) is 0.733. The molecule has 2 aliphatic carbocycles. The molecule has 2 aliphatic rings. The SMILES string of the molecule is CC(C)N(C[C@H]1C[C@H]2C=C[C@H]1C2)C(=O)CSCC(N)=O. The summed E-state index contributed by atoms with van der Waals surface area (Å²) in [6.45, 7) is 4.96. The first-order valence-electron chi connectivity index (χ1n) is 7.31. The molecule has 0 saturated heterocycles. The summed E-state index contributed by atoms with van der Waals surface area (Å²) in [7, 11) is 0. The molecule has 112 valence electrons. The Kier molecular flexibility index (Phi) is 5.13. The summed E-state index contributed by atoms with van der Waals surface area (Å²) in [6, 6.07) is 0.208. The van der Waals surface area contributed by atoms with Gasteiger partial charge in [-0.25, -0.2) is 0 Å². The molecule has 0 aromatic rings. The molecule has 2 rings (SSSR count). The molecule has 5 heteroatoms. The third-order valence-electron chi connectivity index (χ3n) is 4.26. The Morgan fingerprint density at radius 1 is 1.30 bits per heavy atom. The maximum absolute atomic E-state index is 12.3. The third kappa shape index (κ3) is 3.78. The van der Waals surface area contributed by atoms with Crippen molar-refractivity contribution in [2.24, 2.45) is 23.5 Å². The molecule has 1 saturated carbocycles. The van der Waals surface area contributed by atoms with E-state index in [1.807, 2.05) is 4.90 Å². The highest BCUT2D eigenvalue weighted by atomic mass is 32.2. The number of hydrogen-bond acceptors (Lipinski definition) is 3. The van der Waals surface area contributed by atoms with Crippen LogP contribution in [0.25, 0.3) is 0 Å². The van der Waals surface area contributed by atoms with E-state index in [0.29, 0.717) is 17.6 Å². The monoisotopic (exact) mass is 296 g/mol. The fourth-order valence-corrected chi connectivity index (χ4v) is 3.92. The van der Waals surface area contributed by atoms with Gasteiger partial charge in [0.1, 0.15) is 0 Å². The second-order valence-electron chi connectivity index (χ2n) is 6.14. The van der Waals surface area contributed by atoms with Crippen molar-refractivity contribution in [3.63, 3.8) is 0 Å². The number of carbonyl (C=O) groups is 2. The van der Waals surface area contributed by atoms with Gasteiger partial charge in [0.15, 0.2) is 0 Å². The number of nitrogens with two attached hydrogens (primary N) is 1. The lowest BCUT2D eigenvalue weighted by Gasteiger charge is -2.31. The van der Waals surface area contributed by atoms with Crippen molar-refractivity contribution < 1.29 is 9.59 Å². The standard InChI is InChI=1S/C15H24N2O2S/c1-10(2)17(15(19)9-20-8-14(16)18)7-13-6-11-3-4-12(13)5-11/h3-4,10-13H,5-9H2,1-2H3,(H2,16,18)/t11-,12-,13+/m0/s1. The Balaban J connectivity index is 1.85. The lowest BCUT2D eigenvalue weighted by atomic mass is 9.92. The maximum Gasteiger partial charge on any atom is 0.232 e. The highest BCUT2D eigenvalue weighted by Gasteiger charge is 2.37. The van der Waals surface area contributed by atoms with Crippen LogP contribution < -0.4 is 5.73 Å². The van der Waals surface area contributed by atoms with Gasteiger partial charge in [0.25, 0.3) is 0 Å². The minimum absolute atomic E-state index is 0.123. The summed E-state index contributed by atoms with van der Waals surface area (Å²) < 4.78 is 0. The number of thioether (sulfide) groups is 1. The molecular formula is C15H24N2O2S. The van der Waals surface area contributed by atoms with Crippen LogP contribution in [-0.2, 0) is 9.59 Å². The first kappa shape index (κ1) is 15.4. The summed E-state index contributed by atoms with van der Waals surface area (Å²) in [5.74, 6) is 2.32. The second-order valence-corrected chi connectivity index (χ2v) is 7.12. The van der Waals surface area contributed by atoms with Crippen LogP contribution in [0.3, 0.4) is 0 Å². The first-order valence-corrected chi connectivity index (χ1v) is 8.46. The maximum atomic E-state index is 12.3. The molecule has 0 heterocycles. The van der Waals surface area contributed by atoms with E-state index < -0.39 is 0 Å². The van der Waals surface area contributed by atoms with Gasteiger partial charge in [-0.3, -0.25) is 9.59 Å². The molecule has 0 spiro atoms. The number of nitrogens with zero attached hydrogens (tertiary/aromatic N) is 1. The van der Waals surface area contributed by atoms with Crippen molar-refractivity contribution in [1.29, 1.82) is 0 Å². The normalized spacial score (nSPS) is 27.2. The summed E-state index contributed by atoms with van der Waals surface area (Å²) in [5, 5.41) is 0. The molecular weight excluding hydrogens is 272 g/mol. The second kappa shape index (κ2) is 6.66. The quantitative estimate of drug-likeness (QED) is 0.727. The zero-order valence-electron chi connectivity index (χ0n) is 12.2. The summed E-state index contributed by atoms with van der Waals surface area (Å²) in [4.78, 5) is 25.0. The largest absolute Gasteiger partial charge is 0.369 e. The average Bonchev–Trinajstić information content (AvgIpc) is 2.96. The smallest absolute Gasteiger partial charge is 0.232 e. The Morgan fingerprint density at radius 2 is 2.05 bits per heavy atom. The van der Waals surface area contributed by atoms with Crippen molar-refractivity contribution in [3.05, 3.63) is 12.2 Å². The highest BCUT2D eigenvalue weighted by molar-refractivity contribution is 8.00. The molecule has 0 aliphatic heterocycles. The zero-order chi connectivity index (χ0) is 14.7.